The molecule has 1 fully saturated rings. The van der Waals surface area contributed by atoms with Crippen LogP contribution in [-0.2, 0) is 17.0 Å². The molecule has 3 rings (SSSR count). The van der Waals surface area contributed by atoms with Gasteiger partial charge in [0.2, 0.25) is 0 Å². The van der Waals surface area contributed by atoms with Gasteiger partial charge in [-0.1, -0.05) is 0 Å². The number of ether oxygens (including phenoxy) is 1. The van der Waals surface area contributed by atoms with E-state index >= 15 is 0 Å². The second kappa shape index (κ2) is 4.77. The Morgan fingerprint density at radius 1 is 1.50 bits per heavy atom. The van der Waals surface area contributed by atoms with Crippen molar-refractivity contribution in [2.24, 2.45) is 0 Å². The number of nitrogens with one attached hydrogen (secondary N) is 1. The molecule has 1 aromatic rings. The molecule has 0 aliphatic carbocycles. The molecular weight excluding hydrogens is 222 g/mol. The van der Waals surface area contributed by atoms with Crippen molar-refractivity contribution < 1.29 is 4.74 Å². The van der Waals surface area contributed by atoms with Gasteiger partial charge in [0.05, 0.1) is 24.3 Å². The molecule has 0 spiro atoms. The van der Waals surface area contributed by atoms with Gasteiger partial charge in [0.25, 0.3) is 0 Å². The highest BCUT2D eigenvalue weighted by molar-refractivity contribution is 7.98. The minimum Gasteiger partial charge on any atom is -0.371 e. The van der Waals surface area contributed by atoms with Gasteiger partial charge < -0.3 is 14.6 Å². The van der Waals surface area contributed by atoms with Crippen LogP contribution >= 0.6 is 11.8 Å². The molecule has 0 radical (unpaired) electrons. The Hall–Kier alpha value is -0.520. The van der Waals surface area contributed by atoms with E-state index in [0.717, 1.165) is 38.4 Å². The van der Waals surface area contributed by atoms with Gasteiger partial charge in [-0.25, -0.2) is 4.98 Å². The third-order valence-corrected chi connectivity index (χ3v) is 4.10. The first-order valence-electron chi connectivity index (χ1n) is 5.89. The Morgan fingerprint density at radius 3 is 3.50 bits per heavy atom. The van der Waals surface area contributed by atoms with Crippen LogP contribution in [-0.4, -0.2) is 35.0 Å². The van der Waals surface area contributed by atoms with E-state index in [1.165, 1.54) is 17.3 Å². The van der Waals surface area contributed by atoms with Crippen LogP contribution in [0.3, 0.4) is 0 Å². The Kier molecular flexibility index (Phi) is 3.17. The summed E-state index contributed by atoms with van der Waals surface area (Å²) in [7, 11) is 0. The lowest BCUT2D eigenvalue weighted by Crippen LogP contribution is -2.17. The lowest BCUT2D eigenvalue weighted by Gasteiger charge is -2.20. The van der Waals surface area contributed by atoms with Crippen LogP contribution in [0.1, 0.15) is 24.0 Å². The van der Waals surface area contributed by atoms with Crippen molar-refractivity contribution in [1.82, 2.24) is 14.9 Å². The predicted octanol–water partition coefficient (Wildman–Crippen LogP) is 1.18. The molecule has 0 aromatic carbocycles. The molecule has 16 heavy (non-hydrogen) atoms. The van der Waals surface area contributed by atoms with Gasteiger partial charge in [0.15, 0.2) is 0 Å². The van der Waals surface area contributed by atoms with Gasteiger partial charge >= 0.3 is 0 Å². The smallest absolute Gasteiger partial charge is 0.118 e. The van der Waals surface area contributed by atoms with Crippen LogP contribution in [0.5, 0.6) is 0 Å². The second-order valence-electron chi connectivity index (χ2n) is 4.20. The topological polar surface area (TPSA) is 39.1 Å². The molecule has 2 aliphatic rings. The normalized spacial score (nSPS) is 26.1. The molecule has 0 saturated carbocycles. The quantitative estimate of drug-likeness (QED) is 0.799. The average molecular weight is 239 g/mol. The number of imidazole rings is 1. The summed E-state index contributed by atoms with van der Waals surface area (Å²) in [6.07, 6.45) is 3.30. The lowest BCUT2D eigenvalue weighted by molar-refractivity contribution is 0.0587. The minimum atomic E-state index is 0.236. The first-order valence-corrected chi connectivity index (χ1v) is 7.05. The maximum absolute atomic E-state index is 5.88. The molecule has 4 nitrogen and oxygen atoms in total. The van der Waals surface area contributed by atoms with Gasteiger partial charge in [0, 0.05) is 18.8 Å². The zero-order valence-electron chi connectivity index (χ0n) is 9.32. The SMILES string of the molecule is c1nc2n(c1C1CCNCCO1)CCSC2. The highest BCUT2D eigenvalue weighted by atomic mass is 32.2. The molecule has 1 atom stereocenters. The van der Waals surface area contributed by atoms with Crippen LogP contribution in [0.25, 0.3) is 0 Å². The molecule has 3 heterocycles. The summed E-state index contributed by atoms with van der Waals surface area (Å²) >= 11 is 1.97. The number of fused-ring (bicyclic) bond motifs is 1. The van der Waals surface area contributed by atoms with Gasteiger partial charge in [-0.2, -0.15) is 11.8 Å². The van der Waals surface area contributed by atoms with Crippen molar-refractivity contribution in [2.75, 3.05) is 25.4 Å². The second-order valence-corrected chi connectivity index (χ2v) is 5.31. The van der Waals surface area contributed by atoms with E-state index in [1.807, 2.05) is 18.0 Å². The first-order chi connectivity index (χ1) is 7.95. The maximum Gasteiger partial charge on any atom is 0.118 e. The van der Waals surface area contributed by atoms with Crippen molar-refractivity contribution in [2.45, 2.75) is 24.8 Å². The monoisotopic (exact) mass is 239 g/mol. The fourth-order valence-electron chi connectivity index (χ4n) is 2.33. The van der Waals surface area contributed by atoms with Gasteiger partial charge in [-0.15, -0.1) is 0 Å². The van der Waals surface area contributed by atoms with E-state index in [-0.39, 0.29) is 6.10 Å². The molecule has 1 N–H and O–H groups in total. The number of nitrogens with zero attached hydrogens (tertiary/aromatic N) is 2. The molecule has 1 aromatic heterocycles. The third kappa shape index (κ3) is 1.99. The summed E-state index contributed by atoms with van der Waals surface area (Å²) in [6.45, 7) is 3.90. The summed E-state index contributed by atoms with van der Waals surface area (Å²) < 4.78 is 8.24. The predicted molar refractivity (Wildman–Crippen MR) is 64.6 cm³/mol. The standard InChI is InChI=1S/C11H17N3OS/c1-2-12-3-5-15-10(1)9-7-13-11-8-16-6-4-14(9)11/h7,10,12H,1-6,8H2. The van der Waals surface area contributed by atoms with Crippen molar-refractivity contribution in [1.29, 1.82) is 0 Å². The zero-order valence-corrected chi connectivity index (χ0v) is 10.1. The van der Waals surface area contributed by atoms with Gasteiger partial charge in [0.1, 0.15) is 11.9 Å². The molecule has 2 aliphatic heterocycles. The number of rotatable bonds is 1. The molecular formula is C11H17N3OS. The average Bonchev–Trinajstić information content (AvgIpc) is 2.57. The highest BCUT2D eigenvalue weighted by Crippen LogP contribution is 2.27. The Bertz CT molecular complexity index is 358. The Balaban J connectivity index is 1.84. The van der Waals surface area contributed by atoms with Crippen molar-refractivity contribution in [3.05, 3.63) is 17.7 Å². The fourth-order valence-corrected chi connectivity index (χ4v) is 3.20. The number of hydrogen-bond acceptors (Lipinski definition) is 4. The molecule has 1 unspecified atom stereocenters. The summed E-state index contributed by atoms with van der Waals surface area (Å²) in [5, 5.41) is 3.36. The van der Waals surface area contributed by atoms with E-state index in [1.54, 1.807) is 0 Å². The molecule has 5 heteroatoms. The third-order valence-electron chi connectivity index (χ3n) is 3.17. The largest absolute Gasteiger partial charge is 0.371 e. The summed E-state index contributed by atoms with van der Waals surface area (Å²) in [6, 6.07) is 0. The lowest BCUT2D eigenvalue weighted by atomic mass is 10.2. The van der Waals surface area contributed by atoms with Gasteiger partial charge in [-0.3, -0.25) is 0 Å². The summed E-state index contributed by atoms with van der Waals surface area (Å²) in [5.41, 5.74) is 1.28. The van der Waals surface area contributed by atoms with Crippen LogP contribution in [0.15, 0.2) is 6.20 Å². The van der Waals surface area contributed by atoms with E-state index in [0.29, 0.717) is 0 Å². The fraction of sp³-hybridized carbons (Fsp3) is 0.727. The molecule has 0 bridgehead atoms. The van der Waals surface area contributed by atoms with Crippen LogP contribution in [0, 0.1) is 0 Å². The van der Waals surface area contributed by atoms with Crippen molar-refractivity contribution in [3.63, 3.8) is 0 Å². The van der Waals surface area contributed by atoms with Crippen molar-refractivity contribution >= 4 is 11.8 Å². The molecule has 0 amide bonds. The minimum absolute atomic E-state index is 0.236. The van der Waals surface area contributed by atoms with E-state index < -0.39 is 0 Å². The van der Waals surface area contributed by atoms with E-state index in [4.69, 9.17) is 4.74 Å². The maximum atomic E-state index is 5.88. The van der Waals surface area contributed by atoms with Crippen LogP contribution < -0.4 is 5.32 Å². The highest BCUT2D eigenvalue weighted by Gasteiger charge is 2.22. The van der Waals surface area contributed by atoms with Gasteiger partial charge in [-0.05, 0) is 13.0 Å². The van der Waals surface area contributed by atoms with Crippen LogP contribution in [0.4, 0.5) is 0 Å². The van der Waals surface area contributed by atoms with E-state index in [9.17, 15) is 0 Å². The zero-order chi connectivity index (χ0) is 10.8. The van der Waals surface area contributed by atoms with E-state index in [2.05, 4.69) is 14.9 Å². The number of thioether (sulfide) groups is 1. The summed E-state index contributed by atoms with van der Waals surface area (Å²) in [5.74, 6) is 3.46. The summed E-state index contributed by atoms with van der Waals surface area (Å²) in [4.78, 5) is 4.50. The Labute approximate surface area is 99.8 Å². The van der Waals surface area contributed by atoms with Crippen LogP contribution in [0.2, 0.25) is 0 Å². The first kappa shape index (κ1) is 10.6. The molecule has 1 saturated heterocycles. The Morgan fingerprint density at radius 2 is 2.50 bits per heavy atom. The van der Waals surface area contributed by atoms with Crippen molar-refractivity contribution in [3.8, 4) is 0 Å². The number of hydrogen-bond donors (Lipinski definition) is 1. The number of aromatic nitrogens is 2. The molecule has 88 valence electrons.